The smallest absolute Gasteiger partial charge is 0.259 e. The maximum atomic E-state index is 11.9. The molecule has 0 bridgehead atoms. The van der Waals surface area contributed by atoms with E-state index in [9.17, 15) is 4.79 Å². The van der Waals surface area contributed by atoms with Crippen LogP contribution in [0.3, 0.4) is 0 Å². The van der Waals surface area contributed by atoms with E-state index in [2.05, 4.69) is 0 Å². The van der Waals surface area contributed by atoms with E-state index in [4.69, 9.17) is 11.6 Å². The van der Waals surface area contributed by atoms with Gasteiger partial charge in [-0.15, -0.1) is 22.9 Å². The Kier molecular flexibility index (Phi) is 3.44. The highest BCUT2D eigenvalue weighted by atomic mass is 35.5. The first kappa shape index (κ1) is 10.7. The number of thiophene rings is 1. The second kappa shape index (κ2) is 4.81. The van der Waals surface area contributed by atoms with Crippen molar-refractivity contribution in [1.82, 2.24) is 4.57 Å². The van der Waals surface area contributed by atoms with Gasteiger partial charge in [0.15, 0.2) is 0 Å². The first-order valence-electron chi connectivity index (χ1n) is 4.95. The highest BCUT2D eigenvalue weighted by Crippen LogP contribution is 2.16. The fourth-order valence-electron chi connectivity index (χ4n) is 1.56. The minimum atomic E-state index is 0.114. The summed E-state index contributed by atoms with van der Waals surface area (Å²) in [7, 11) is 0. The van der Waals surface area contributed by atoms with Gasteiger partial charge in [0.05, 0.1) is 5.39 Å². The second-order valence-corrected chi connectivity index (χ2v) is 4.73. The molecule has 4 heteroatoms. The molecule has 2 aromatic heterocycles. The van der Waals surface area contributed by atoms with Crippen LogP contribution in [0.4, 0.5) is 0 Å². The zero-order valence-electron chi connectivity index (χ0n) is 8.28. The number of unbranched alkanes of at least 4 members (excludes halogenated alkanes) is 1. The maximum Gasteiger partial charge on any atom is 0.259 e. The highest BCUT2D eigenvalue weighted by Gasteiger charge is 2.02. The summed E-state index contributed by atoms with van der Waals surface area (Å²) in [6.07, 6.45) is 3.78. The van der Waals surface area contributed by atoms with E-state index in [0.717, 1.165) is 29.5 Å². The summed E-state index contributed by atoms with van der Waals surface area (Å²) in [4.78, 5) is 11.9. The number of fused-ring (bicyclic) bond motifs is 1. The summed E-state index contributed by atoms with van der Waals surface area (Å²) in [5.41, 5.74) is 0.114. The summed E-state index contributed by atoms with van der Waals surface area (Å²) in [6.45, 7) is 0.761. The molecule has 0 spiro atoms. The molecule has 0 unspecified atom stereocenters. The third-order valence-corrected chi connectivity index (χ3v) is 3.52. The summed E-state index contributed by atoms with van der Waals surface area (Å²) in [5.74, 6) is 0.662. The van der Waals surface area contributed by atoms with Gasteiger partial charge in [0.25, 0.3) is 5.56 Å². The Bertz CT molecular complexity index is 503. The minimum Gasteiger partial charge on any atom is -0.315 e. The topological polar surface area (TPSA) is 22.0 Å². The molecule has 0 aliphatic carbocycles. The molecule has 80 valence electrons. The van der Waals surface area contributed by atoms with E-state index in [1.54, 1.807) is 15.9 Å². The first-order chi connectivity index (χ1) is 7.33. The molecule has 0 N–H and O–H groups in total. The summed E-state index contributed by atoms with van der Waals surface area (Å²) < 4.78 is 2.83. The summed E-state index contributed by atoms with van der Waals surface area (Å²) in [6, 6.07) is 3.89. The monoisotopic (exact) mass is 241 g/mol. The average molecular weight is 242 g/mol. The highest BCUT2D eigenvalue weighted by molar-refractivity contribution is 7.17. The molecule has 2 rings (SSSR count). The second-order valence-electron chi connectivity index (χ2n) is 3.41. The Morgan fingerprint density at radius 1 is 1.33 bits per heavy atom. The number of hydrogen-bond acceptors (Lipinski definition) is 2. The molecular formula is C11H12ClNOS. The van der Waals surface area contributed by atoms with Gasteiger partial charge in [0, 0.05) is 23.3 Å². The van der Waals surface area contributed by atoms with Crippen LogP contribution >= 0.6 is 22.9 Å². The van der Waals surface area contributed by atoms with Crippen molar-refractivity contribution < 1.29 is 0 Å². The third kappa shape index (κ3) is 2.24. The molecule has 0 aliphatic heterocycles. The van der Waals surface area contributed by atoms with Crippen LogP contribution in [-0.4, -0.2) is 10.4 Å². The lowest BCUT2D eigenvalue weighted by atomic mass is 10.3. The zero-order chi connectivity index (χ0) is 10.7. The Labute approximate surface area is 97.1 Å². The Balaban J connectivity index is 2.28. The SMILES string of the molecule is O=c1c2ccsc2ccn1CCCCCl. The van der Waals surface area contributed by atoms with Crippen molar-refractivity contribution in [2.75, 3.05) is 5.88 Å². The van der Waals surface area contributed by atoms with Crippen LogP contribution in [0.2, 0.25) is 0 Å². The number of aryl methyl sites for hydroxylation is 1. The van der Waals surface area contributed by atoms with E-state index in [1.807, 2.05) is 23.7 Å². The Morgan fingerprint density at radius 2 is 2.20 bits per heavy atom. The molecule has 2 nitrogen and oxygen atoms in total. The molecule has 0 fully saturated rings. The van der Waals surface area contributed by atoms with Crippen LogP contribution in [-0.2, 0) is 6.54 Å². The van der Waals surface area contributed by atoms with Crippen LogP contribution in [0.15, 0.2) is 28.5 Å². The van der Waals surface area contributed by atoms with Crippen molar-refractivity contribution in [3.8, 4) is 0 Å². The van der Waals surface area contributed by atoms with Crippen molar-refractivity contribution in [2.45, 2.75) is 19.4 Å². The van der Waals surface area contributed by atoms with Gasteiger partial charge in [-0.05, 0) is 30.4 Å². The zero-order valence-corrected chi connectivity index (χ0v) is 9.85. The van der Waals surface area contributed by atoms with Crippen LogP contribution in [0.25, 0.3) is 10.1 Å². The number of hydrogen-bond donors (Lipinski definition) is 0. The molecule has 0 saturated heterocycles. The molecule has 2 aromatic rings. The molecule has 0 amide bonds. The minimum absolute atomic E-state index is 0.114. The molecule has 0 saturated carbocycles. The van der Waals surface area contributed by atoms with Crippen molar-refractivity contribution in [3.05, 3.63) is 34.1 Å². The van der Waals surface area contributed by atoms with Gasteiger partial charge in [0.2, 0.25) is 0 Å². The van der Waals surface area contributed by atoms with E-state index in [-0.39, 0.29) is 5.56 Å². The van der Waals surface area contributed by atoms with Gasteiger partial charge < -0.3 is 4.57 Å². The van der Waals surface area contributed by atoms with E-state index in [0.29, 0.717) is 5.88 Å². The summed E-state index contributed by atoms with van der Waals surface area (Å²) >= 11 is 7.20. The third-order valence-electron chi connectivity index (χ3n) is 2.37. The normalized spacial score (nSPS) is 11.0. The Morgan fingerprint density at radius 3 is 3.00 bits per heavy atom. The average Bonchev–Trinajstić information content (AvgIpc) is 2.70. The number of pyridine rings is 1. The maximum absolute atomic E-state index is 11.9. The molecule has 0 aromatic carbocycles. The first-order valence-corrected chi connectivity index (χ1v) is 6.37. The molecule has 0 aliphatic rings. The lowest BCUT2D eigenvalue weighted by molar-refractivity contribution is 0.619. The van der Waals surface area contributed by atoms with Crippen LogP contribution < -0.4 is 5.56 Å². The lowest BCUT2D eigenvalue weighted by Gasteiger charge is -2.04. The van der Waals surface area contributed by atoms with Gasteiger partial charge in [0.1, 0.15) is 0 Å². The molecule has 0 atom stereocenters. The van der Waals surface area contributed by atoms with Gasteiger partial charge in [-0.1, -0.05) is 0 Å². The molecular weight excluding hydrogens is 230 g/mol. The number of nitrogens with zero attached hydrogens (tertiary/aromatic N) is 1. The molecule has 2 heterocycles. The molecule has 0 radical (unpaired) electrons. The largest absolute Gasteiger partial charge is 0.315 e. The Hall–Kier alpha value is -0.800. The van der Waals surface area contributed by atoms with Crippen LogP contribution in [0.1, 0.15) is 12.8 Å². The fraction of sp³-hybridized carbons (Fsp3) is 0.364. The summed E-state index contributed by atoms with van der Waals surface area (Å²) in [5, 5.41) is 2.78. The standard InChI is InChI=1S/C11H12ClNOS/c12-5-1-2-6-13-7-3-10-9(11(13)14)4-8-15-10/h3-4,7-8H,1-2,5-6H2. The van der Waals surface area contributed by atoms with Gasteiger partial charge in [-0.2, -0.15) is 0 Å². The number of alkyl halides is 1. The van der Waals surface area contributed by atoms with Crippen molar-refractivity contribution >= 4 is 33.0 Å². The van der Waals surface area contributed by atoms with E-state index >= 15 is 0 Å². The quantitative estimate of drug-likeness (QED) is 0.596. The van der Waals surface area contributed by atoms with E-state index in [1.165, 1.54) is 0 Å². The van der Waals surface area contributed by atoms with Gasteiger partial charge in [-0.25, -0.2) is 0 Å². The predicted molar refractivity (Wildman–Crippen MR) is 66.0 cm³/mol. The van der Waals surface area contributed by atoms with Crippen molar-refractivity contribution in [1.29, 1.82) is 0 Å². The van der Waals surface area contributed by atoms with Gasteiger partial charge >= 0.3 is 0 Å². The van der Waals surface area contributed by atoms with Crippen LogP contribution in [0.5, 0.6) is 0 Å². The lowest BCUT2D eigenvalue weighted by Crippen LogP contribution is -2.18. The fourth-order valence-corrected chi connectivity index (χ4v) is 2.52. The number of aromatic nitrogens is 1. The predicted octanol–water partition coefficient (Wildman–Crippen LogP) is 3.08. The van der Waals surface area contributed by atoms with Crippen molar-refractivity contribution in [2.24, 2.45) is 0 Å². The van der Waals surface area contributed by atoms with E-state index < -0.39 is 0 Å². The molecule has 15 heavy (non-hydrogen) atoms. The number of halogens is 1. The van der Waals surface area contributed by atoms with Crippen molar-refractivity contribution in [3.63, 3.8) is 0 Å². The van der Waals surface area contributed by atoms with Crippen LogP contribution in [0, 0.1) is 0 Å². The number of rotatable bonds is 4. The van der Waals surface area contributed by atoms with Gasteiger partial charge in [-0.3, -0.25) is 4.79 Å².